The maximum absolute atomic E-state index is 14.3. The fraction of sp³-hybridized carbons (Fsp3) is 0.286. The molecule has 0 aliphatic carbocycles. The number of esters is 1. The smallest absolute Gasteiger partial charge is 0.338 e. The van der Waals surface area contributed by atoms with Gasteiger partial charge in [-0.25, -0.2) is 9.69 Å². The fourth-order valence-electron chi connectivity index (χ4n) is 6.20. The zero-order chi connectivity index (χ0) is 34.1. The van der Waals surface area contributed by atoms with E-state index in [-0.39, 0.29) is 23.8 Å². The van der Waals surface area contributed by atoms with Crippen LogP contribution in [0.25, 0.3) is 0 Å². The molecule has 0 radical (unpaired) electrons. The third-order valence-corrected chi connectivity index (χ3v) is 11.1. The molecule has 1 fully saturated rings. The maximum atomic E-state index is 14.3. The summed E-state index contributed by atoms with van der Waals surface area (Å²) in [6.45, 7) is 7.40. The molecule has 2 aliphatic heterocycles. The standard InChI is InChI=1S/C35H34N4O7S2/c1-4-37(5-2)23-13-7-20(8-14-23)27-28-29(32(43)39(31(28)42)24-15-9-21(10-16-24)34(44)46-6-3)47-33-30(27)48-35(45)38(33)19-26(41)36-22-11-17-25(40)18-12-22/h7-18,27-29,40H,4-6,19H2,1-3H3,(H,36,41). The highest BCUT2D eigenvalue weighted by Crippen LogP contribution is 2.54. The second-order valence-corrected chi connectivity index (χ2v) is 13.4. The van der Waals surface area contributed by atoms with Gasteiger partial charge in [-0.2, -0.15) is 0 Å². The predicted molar refractivity (Wildman–Crippen MR) is 185 cm³/mol. The first-order chi connectivity index (χ1) is 23.1. The van der Waals surface area contributed by atoms with Crippen LogP contribution in [0.1, 0.15) is 47.5 Å². The van der Waals surface area contributed by atoms with Crippen LogP contribution in [0.2, 0.25) is 0 Å². The van der Waals surface area contributed by atoms with Crippen molar-refractivity contribution in [3.8, 4) is 5.75 Å². The molecular formula is C35H34N4O7S2. The molecule has 2 N–H and O–H groups in total. The van der Waals surface area contributed by atoms with E-state index in [0.29, 0.717) is 26.8 Å². The van der Waals surface area contributed by atoms with Gasteiger partial charge >= 0.3 is 10.8 Å². The molecule has 248 valence electrons. The van der Waals surface area contributed by atoms with E-state index in [1.54, 1.807) is 31.2 Å². The van der Waals surface area contributed by atoms with E-state index in [9.17, 15) is 29.1 Å². The fourth-order valence-corrected chi connectivity index (χ4v) is 8.97. The van der Waals surface area contributed by atoms with Crippen molar-refractivity contribution < 1.29 is 29.0 Å². The Morgan fingerprint density at radius 2 is 1.56 bits per heavy atom. The lowest BCUT2D eigenvalue weighted by atomic mass is 9.83. The van der Waals surface area contributed by atoms with E-state index in [2.05, 4.69) is 24.1 Å². The summed E-state index contributed by atoms with van der Waals surface area (Å²) in [6.07, 6.45) is 0. The van der Waals surface area contributed by atoms with Gasteiger partial charge in [0.2, 0.25) is 17.7 Å². The summed E-state index contributed by atoms with van der Waals surface area (Å²) in [7, 11) is 0. The molecule has 0 saturated carbocycles. The number of hydrogen-bond acceptors (Lipinski definition) is 10. The summed E-state index contributed by atoms with van der Waals surface area (Å²) in [4.78, 5) is 70.8. The Bertz CT molecular complexity index is 1920. The van der Waals surface area contributed by atoms with E-state index in [0.717, 1.165) is 52.3 Å². The average molecular weight is 687 g/mol. The van der Waals surface area contributed by atoms with Crippen LogP contribution in [0.4, 0.5) is 17.1 Å². The number of thiazole rings is 1. The monoisotopic (exact) mass is 686 g/mol. The molecule has 6 rings (SSSR count). The number of nitrogens with one attached hydrogen (secondary N) is 1. The molecule has 48 heavy (non-hydrogen) atoms. The summed E-state index contributed by atoms with van der Waals surface area (Å²) in [5.41, 5.74) is 2.88. The summed E-state index contributed by atoms with van der Waals surface area (Å²) >= 11 is 2.11. The van der Waals surface area contributed by atoms with Gasteiger partial charge in [-0.05, 0) is 87.0 Å². The minimum atomic E-state index is -0.859. The number of phenolic OH excluding ortho intramolecular Hbond substituents is 1. The molecule has 11 nitrogen and oxygen atoms in total. The highest BCUT2D eigenvalue weighted by molar-refractivity contribution is 8.00. The van der Waals surface area contributed by atoms with Gasteiger partial charge in [0.05, 0.1) is 28.8 Å². The number of ether oxygens (including phenoxy) is 1. The number of rotatable bonds is 10. The normalized spacial score (nSPS) is 18.3. The van der Waals surface area contributed by atoms with Gasteiger partial charge in [0, 0.05) is 35.3 Å². The number of phenols is 1. The molecule has 4 aromatic rings. The number of anilines is 3. The van der Waals surface area contributed by atoms with Gasteiger partial charge in [0.15, 0.2) is 0 Å². The van der Waals surface area contributed by atoms with Gasteiger partial charge < -0.3 is 20.1 Å². The van der Waals surface area contributed by atoms with Crippen LogP contribution in [0.15, 0.2) is 82.6 Å². The Kier molecular flexibility index (Phi) is 9.42. The highest BCUT2D eigenvalue weighted by atomic mass is 32.2. The number of imide groups is 1. The Morgan fingerprint density at radius 3 is 2.19 bits per heavy atom. The molecule has 3 heterocycles. The molecule has 3 unspecified atom stereocenters. The Morgan fingerprint density at radius 1 is 0.896 bits per heavy atom. The third-order valence-electron chi connectivity index (χ3n) is 8.52. The number of nitrogens with zero attached hydrogens (tertiary/aromatic N) is 3. The van der Waals surface area contributed by atoms with Crippen LogP contribution in [0.3, 0.4) is 0 Å². The molecule has 1 saturated heterocycles. The number of carbonyl (C=O) groups is 4. The van der Waals surface area contributed by atoms with Crippen LogP contribution in [-0.4, -0.2) is 58.3 Å². The van der Waals surface area contributed by atoms with E-state index < -0.39 is 40.8 Å². The number of amides is 3. The molecule has 0 spiro atoms. The minimum absolute atomic E-state index is 0.0537. The molecular weight excluding hydrogens is 653 g/mol. The largest absolute Gasteiger partial charge is 0.508 e. The van der Waals surface area contributed by atoms with Gasteiger partial charge in [0.1, 0.15) is 17.5 Å². The summed E-state index contributed by atoms with van der Waals surface area (Å²) < 4.78 is 6.43. The van der Waals surface area contributed by atoms with Gasteiger partial charge in [0.25, 0.3) is 0 Å². The minimum Gasteiger partial charge on any atom is -0.508 e. The topological polar surface area (TPSA) is 138 Å². The quantitative estimate of drug-likeness (QED) is 0.133. The van der Waals surface area contributed by atoms with E-state index in [4.69, 9.17) is 4.74 Å². The molecule has 2 aliphatic rings. The number of aromatic nitrogens is 1. The lowest BCUT2D eigenvalue weighted by molar-refractivity contribution is -0.122. The predicted octanol–water partition coefficient (Wildman–Crippen LogP) is 5.07. The maximum Gasteiger partial charge on any atom is 0.338 e. The second kappa shape index (κ2) is 13.7. The SMILES string of the molecule is CCOC(=O)c1ccc(N2C(=O)C3Sc4c(sc(=O)n4CC(=O)Nc4ccc(O)cc4)C(c4ccc(N(CC)CC)cc4)C3C2=O)cc1. The lowest BCUT2D eigenvalue weighted by Gasteiger charge is -2.31. The first-order valence-electron chi connectivity index (χ1n) is 15.6. The zero-order valence-electron chi connectivity index (χ0n) is 26.5. The van der Waals surface area contributed by atoms with E-state index >= 15 is 0 Å². The van der Waals surface area contributed by atoms with Crippen molar-refractivity contribution in [1.29, 1.82) is 0 Å². The molecule has 1 aromatic heterocycles. The van der Waals surface area contributed by atoms with Crippen molar-refractivity contribution in [1.82, 2.24) is 4.57 Å². The van der Waals surface area contributed by atoms with E-state index in [1.807, 2.05) is 24.3 Å². The Hall–Kier alpha value is -4.88. The van der Waals surface area contributed by atoms with Crippen LogP contribution in [0.5, 0.6) is 5.75 Å². The van der Waals surface area contributed by atoms with Crippen LogP contribution >= 0.6 is 23.1 Å². The van der Waals surface area contributed by atoms with Gasteiger partial charge in [-0.1, -0.05) is 35.2 Å². The van der Waals surface area contributed by atoms with Crippen LogP contribution in [0, 0.1) is 5.92 Å². The number of carbonyl (C=O) groups excluding carboxylic acids is 4. The van der Waals surface area contributed by atoms with E-state index in [1.165, 1.54) is 28.8 Å². The number of hydrogen-bond donors (Lipinski definition) is 2. The first kappa shape index (κ1) is 33.0. The van der Waals surface area contributed by atoms with Crippen LogP contribution in [-0.2, 0) is 25.7 Å². The number of benzene rings is 3. The van der Waals surface area contributed by atoms with Crippen molar-refractivity contribution in [3.63, 3.8) is 0 Å². The Labute approximate surface area is 285 Å². The van der Waals surface area contributed by atoms with Crippen molar-refractivity contribution >= 4 is 63.9 Å². The van der Waals surface area contributed by atoms with Crippen molar-refractivity contribution in [2.45, 2.75) is 43.5 Å². The van der Waals surface area contributed by atoms with Crippen molar-refractivity contribution in [2.24, 2.45) is 5.92 Å². The summed E-state index contributed by atoms with van der Waals surface area (Å²) in [5, 5.41) is 11.9. The third kappa shape index (κ3) is 6.11. The number of thioether (sulfide) groups is 1. The number of aromatic hydroxyl groups is 1. The summed E-state index contributed by atoms with van der Waals surface area (Å²) in [6, 6.07) is 20.0. The summed E-state index contributed by atoms with van der Waals surface area (Å²) in [5.74, 6) is -3.16. The Balaban J connectivity index is 1.38. The lowest BCUT2D eigenvalue weighted by Crippen LogP contribution is -2.33. The van der Waals surface area contributed by atoms with Crippen LogP contribution < -0.4 is 20.0 Å². The first-order valence-corrected chi connectivity index (χ1v) is 17.3. The van der Waals surface area contributed by atoms with Gasteiger partial charge in [-0.3, -0.25) is 23.7 Å². The second-order valence-electron chi connectivity index (χ2n) is 11.3. The zero-order valence-corrected chi connectivity index (χ0v) is 28.2. The molecule has 3 atom stereocenters. The number of fused-ring (bicyclic) bond motifs is 2. The van der Waals surface area contributed by atoms with Crippen molar-refractivity contribution in [2.75, 3.05) is 34.8 Å². The molecule has 0 bridgehead atoms. The van der Waals surface area contributed by atoms with Crippen molar-refractivity contribution in [3.05, 3.63) is 98.5 Å². The molecule has 3 amide bonds. The molecule has 13 heteroatoms. The molecule has 3 aromatic carbocycles. The highest BCUT2D eigenvalue weighted by Gasteiger charge is 2.56. The average Bonchev–Trinajstić information content (AvgIpc) is 3.53. The van der Waals surface area contributed by atoms with Gasteiger partial charge in [-0.15, -0.1) is 0 Å².